The fraction of sp³-hybridized carbons (Fsp3) is 0.556. The molecule has 16 heavy (non-hydrogen) atoms. The average molecular weight is 249 g/mol. The molecule has 3 nitrogen and oxygen atoms in total. The molecule has 0 spiro atoms. The maximum absolute atomic E-state index is 12.3. The Morgan fingerprint density at radius 2 is 2.12 bits per heavy atom. The highest BCUT2D eigenvalue weighted by Gasteiger charge is 2.34. The molecule has 0 bridgehead atoms. The number of fused-ring (bicyclic) bond motifs is 1. The van der Waals surface area contributed by atoms with Gasteiger partial charge in [0.15, 0.2) is 5.69 Å². The number of nitrogens with zero attached hydrogens (tertiary/aromatic N) is 3. The Bertz CT molecular complexity index is 466. The van der Waals surface area contributed by atoms with Crippen molar-refractivity contribution in [2.75, 3.05) is 0 Å². The van der Waals surface area contributed by atoms with Crippen LogP contribution in [0.4, 0.5) is 13.2 Å². The van der Waals surface area contributed by atoms with Gasteiger partial charge in [0.25, 0.3) is 0 Å². The third-order valence-electron chi connectivity index (χ3n) is 1.96. The predicted octanol–water partition coefficient (Wildman–Crippen LogP) is 3.01. The Hall–Kier alpha value is -1.11. The van der Waals surface area contributed by atoms with Crippen LogP contribution in [0.15, 0.2) is 6.20 Å². The van der Waals surface area contributed by atoms with Crippen LogP contribution >= 0.6 is 11.3 Å². The summed E-state index contributed by atoms with van der Waals surface area (Å²) in [7, 11) is 0. The molecule has 2 aromatic rings. The van der Waals surface area contributed by atoms with Crippen molar-refractivity contribution in [1.82, 2.24) is 14.6 Å². The Labute approximate surface area is 93.9 Å². The van der Waals surface area contributed by atoms with Gasteiger partial charge in [-0.2, -0.15) is 18.3 Å². The van der Waals surface area contributed by atoms with Gasteiger partial charge >= 0.3 is 6.18 Å². The van der Waals surface area contributed by atoms with E-state index in [1.165, 1.54) is 15.9 Å². The normalized spacial score (nSPS) is 12.9. The summed E-state index contributed by atoms with van der Waals surface area (Å²) in [5.74, 6) is 0.429. The molecule has 2 rings (SSSR count). The minimum absolute atomic E-state index is 0.294. The van der Waals surface area contributed by atoms with Gasteiger partial charge in [-0.1, -0.05) is 25.2 Å². The molecule has 0 fully saturated rings. The van der Waals surface area contributed by atoms with Crippen molar-refractivity contribution in [2.45, 2.75) is 26.4 Å². The Morgan fingerprint density at radius 1 is 1.44 bits per heavy atom. The summed E-state index contributed by atoms with van der Waals surface area (Å²) < 4.78 is 38.1. The first-order valence-electron chi connectivity index (χ1n) is 4.78. The number of imidazole rings is 1. The highest BCUT2D eigenvalue weighted by molar-refractivity contribution is 7.16. The van der Waals surface area contributed by atoms with E-state index in [1.54, 1.807) is 0 Å². The van der Waals surface area contributed by atoms with E-state index >= 15 is 0 Å². The summed E-state index contributed by atoms with van der Waals surface area (Å²) in [6.07, 6.45) is -2.71. The van der Waals surface area contributed by atoms with Gasteiger partial charge in [-0.25, -0.2) is 9.50 Å². The molecule has 88 valence electrons. The lowest BCUT2D eigenvalue weighted by atomic mass is 10.1. The number of alkyl halides is 3. The van der Waals surface area contributed by atoms with Crippen molar-refractivity contribution in [3.63, 3.8) is 0 Å². The molecule has 0 aromatic carbocycles. The van der Waals surface area contributed by atoms with Gasteiger partial charge in [0.05, 0.1) is 6.20 Å². The number of rotatable bonds is 2. The van der Waals surface area contributed by atoms with Crippen molar-refractivity contribution < 1.29 is 13.2 Å². The molecule has 0 aliphatic heterocycles. The Morgan fingerprint density at radius 3 is 2.62 bits per heavy atom. The fourth-order valence-electron chi connectivity index (χ4n) is 1.31. The molecular formula is C9H10F3N3S. The number of aromatic nitrogens is 3. The van der Waals surface area contributed by atoms with Gasteiger partial charge in [0, 0.05) is 6.42 Å². The second kappa shape index (κ2) is 3.73. The minimum atomic E-state index is -4.40. The van der Waals surface area contributed by atoms with Crippen LogP contribution < -0.4 is 0 Å². The highest BCUT2D eigenvalue weighted by Crippen LogP contribution is 2.29. The lowest BCUT2D eigenvalue weighted by Crippen LogP contribution is -2.05. The van der Waals surface area contributed by atoms with Gasteiger partial charge in [0.2, 0.25) is 4.96 Å². The first kappa shape index (κ1) is 11.4. The molecule has 2 aromatic heterocycles. The summed E-state index contributed by atoms with van der Waals surface area (Å²) in [5, 5.41) is 4.87. The zero-order valence-electron chi connectivity index (χ0n) is 8.75. The zero-order valence-corrected chi connectivity index (χ0v) is 9.56. The smallest absolute Gasteiger partial charge is 0.213 e. The summed E-state index contributed by atoms with van der Waals surface area (Å²) in [6, 6.07) is 0. The molecular weight excluding hydrogens is 239 g/mol. The molecule has 0 unspecified atom stereocenters. The van der Waals surface area contributed by atoms with E-state index in [0.29, 0.717) is 10.9 Å². The van der Waals surface area contributed by atoms with E-state index in [9.17, 15) is 13.2 Å². The van der Waals surface area contributed by atoms with Crippen LogP contribution in [0.1, 0.15) is 24.5 Å². The molecule has 0 saturated carbocycles. The van der Waals surface area contributed by atoms with Crippen molar-refractivity contribution >= 4 is 16.3 Å². The lowest BCUT2D eigenvalue weighted by molar-refractivity contribution is -0.140. The zero-order chi connectivity index (χ0) is 11.9. The van der Waals surface area contributed by atoms with Crippen molar-refractivity contribution in [2.24, 2.45) is 5.92 Å². The molecule has 0 amide bonds. The van der Waals surface area contributed by atoms with E-state index in [4.69, 9.17) is 0 Å². The van der Waals surface area contributed by atoms with Gasteiger partial charge in [0.1, 0.15) is 5.01 Å². The minimum Gasteiger partial charge on any atom is -0.213 e. The third kappa shape index (κ3) is 2.18. The van der Waals surface area contributed by atoms with E-state index < -0.39 is 11.9 Å². The molecule has 0 aliphatic rings. The molecule has 0 saturated heterocycles. The molecule has 0 N–H and O–H groups in total. The van der Waals surface area contributed by atoms with Crippen LogP contribution in [0.5, 0.6) is 0 Å². The second-order valence-electron chi connectivity index (χ2n) is 3.94. The molecule has 7 heteroatoms. The third-order valence-corrected chi connectivity index (χ3v) is 2.90. The SMILES string of the molecule is CC(C)Cc1nn2cc(C(F)(F)F)nc2s1. The van der Waals surface area contributed by atoms with E-state index in [-0.39, 0.29) is 0 Å². The average Bonchev–Trinajstić information content (AvgIpc) is 2.57. The summed E-state index contributed by atoms with van der Waals surface area (Å²) >= 11 is 1.20. The summed E-state index contributed by atoms with van der Waals surface area (Å²) in [5.41, 5.74) is -0.887. The predicted molar refractivity (Wildman–Crippen MR) is 54.4 cm³/mol. The van der Waals surface area contributed by atoms with Crippen molar-refractivity contribution in [3.05, 3.63) is 16.9 Å². The second-order valence-corrected chi connectivity index (χ2v) is 4.99. The Kier molecular flexibility index (Phi) is 2.65. The number of halogens is 3. The van der Waals surface area contributed by atoms with Crippen molar-refractivity contribution in [3.8, 4) is 0 Å². The van der Waals surface area contributed by atoms with Crippen LogP contribution in [-0.4, -0.2) is 14.6 Å². The molecule has 0 atom stereocenters. The lowest BCUT2D eigenvalue weighted by Gasteiger charge is -1.99. The molecule has 2 heterocycles. The number of hydrogen-bond donors (Lipinski definition) is 0. The topological polar surface area (TPSA) is 30.2 Å². The van der Waals surface area contributed by atoms with Gasteiger partial charge in [-0.05, 0) is 5.92 Å². The first-order chi connectivity index (χ1) is 7.36. The summed E-state index contributed by atoms with van der Waals surface area (Å²) in [6.45, 7) is 4.07. The van der Waals surface area contributed by atoms with Gasteiger partial charge in [-0.3, -0.25) is 0 Å². The van der Waals surface area contributed by atoms with Crippen LogP contribution in [0.2, 0.25) is 0 Å². The standard InChI is InChI=1S/C9H10F3N3S/c1-5(2)3-7-14-15-4-6(9(10,11)12)13-8(15)16-7/h4-5H,3H2,1-2H3. The fourth-order valence-corrected chi connectivity index (χ4v) is 2.40. The maximum Gasteiger partial charge on any atom is 0.435 e. The van der Waals surface area contributed by atoms with Crippen LogP contribution in [0.25, 0.3) is 4.96 Å². The largest absolute Gasteiger partial charge is 0.435 e. The van der Waals surface area contributed by atoms with Gasteiger partial charge in [-0.15, -0.1) is 0 Å². The monoisotopic (exact) mass is 249 g/mol. The first-order valence-corrected chi connectivity index (χ1v) is 5.60. The number of hydrogen-bond acceptors (Lipinski definition) is 3. The summed E-state index contributed by atoms with van der Waals surface area (Å²) in [4.78, 5) is 3.80. The van der Waals surface area contributed by atoms with Crippen LogP contribution in [-0.2, 0) is 12.6 Å². The van der Waals surface area contributed by atoms with Crippen LogP contribution in [0, 0.1) is 5.92 Å². The highest BCUT2D eigenvalue weighted by atomic mass is 32.1. The molecule has 0 radical (unpaired) electrons. The van der Waals surface area contributed by atoms with E-state index in [0.717, 1.165) is 17.6 Å². The van der Waals surface area contributed by atoms with E-state index in [1.807, 2.05) is 13.8 Å². The molecule has 0 aliphatic carbocycles. The van der Waals surface area contributed by atoms with Crippen molar-refractivity contribution in [1.29, 1.82) is 0 Å². The van der Waals surface area contributed by atoms with E-state index in [2.05, 4.69) is 10.1 Å². The van der Waals surface area contributed by atoms with Crippen LogP contribution in [0.3, 0.4) is 0 Å². The Balaban J connectivity index is 2.33. The maximum atomic E-state index is 12.3. The quantitative estimate of drug-likeness (QED) is 0.819. The van der Waals surface area contributed by atoms with Gasteiger partial charge < -0.3 is 0 Å².